The molecular formula is C28H45BrN2O2. The van der Waals surface area contributed by atoms with E-state index in [1.807, 2.05) is 12.1 Å². The van der Waals surface area contributed by atoms with E-state index in [2.05, 4.69) is 87.4 Å². The van der Waals surface area contributed by atoms with Crippen molar-refractivity contribution < 1.29 is 9.90 Å². The van der Waals surface area contributed by atoms with Crippen molar-refractivity contribution in [2.24, 2.45) is 21.8 Å². The number of benzene rings is 1. The number of phenolic OH excluding ortho intramolecular Hbond substituents is 1. The Morgan fingerprint density at radius 2 is 1.64 bits per heavy atom. The van der Waals surface area contributed by atoms with Crippen molar-refractivity contribution in [3.05, 3.63) is 28.8 Å². The Morgan fingerprint density at radius 1 is 1.12 bits per heavy atom. The number of ketones is 1. The SMILES string of the molecule is CCC(CC)CC(C)C1CCN(CC(=O)c2cc(C(C)(C)C)c(O)c(C(C)(C)C)c2)C1=NBr. The molecule has 1 aromatic carbocycles. The molecule has 2 atom stereocenters. The van der Waals surface area contributed by atoms with Gasteiger partial charge in [0.15, 0.2) is 5.78 Å². The van der Waals surface area contributed by atoms with Crippen molar-refractivity contribution in [1.29, 1.82) is 0 Å². The Morgan fingerprint density at radius 3 is 2.06 bits per heavy atom. The lowest BCUT2D eigenvalue weighted by atomic mass is 9.78. The summed E-state index contributed by atoms with van der Waals surface area (Å²) in [5, 5.41) is 11.0. The largest absolute Gasteiger partial charge is 0.507 e. The smallest absolute Gasteiger partial charge is 0.182 e. The van der Waals surface area contributed by atoms with E-state index in [9.17, 15) is 9.90 Å². The number of carbonyl (C=O) groups is 1. The summed E-state index contributed by atoms with van der Waals surface area (Å²) in [6, 6.07) is 3.78. The molecular weight excluding hydrogens is 476 g/mol. The number of phenols is 1. The highest BCUT2D eigenvalue weighted by Gasteiger charge is 2.35. The predicted molar refractivity (Wildman–Crippen MR) is 144 cm³/mol. The van der Waals surface area contributed by atoms with Crippen LogP contribution in [-0.4, -0.2) is 34.7 Å². The van der Waals surface area contributed by atoms with Gasteiger partial charge in [-0.3, -0.25) is 4.79 Å². The van der Waals surface area contributed by atoms with Crippen LogP contribution in [0.2, 0.25) is 0 Å². The molecule has 2 rings (SSSR count). The molecule has 0 radical (unpaired) electrons. The molecule has 0 aliphatic carbocycles. The number of aromatic hydroxyl groups is 1. The monoisotopic (exact) mass is 520 g/mol. The maximum Gasteiger partial charge on any atom is 0.182 e. The van der Waals surface area contributed by atoms with E-state index in [1.165, 1.54) is 19.3 Å². The van der Waals surface area contributed by atoms with Crippen molar-refractivity contribution in [2.45, 2.75) is 98.8 Å². The molecule has 4 nitrogen and oxygen atoms in total. The predicted octanol–water partition coefficient (Wildman–Crippen LogP) is 7.66. The average molecular weight is 522 g/mol. The fraction of sp³-hybridized carbons (Fsp3) is 0.714. The van der Waals surface area contributed by atoms with Crippen LogP contribution < -0.4 is 0 Å². The van der Waals surface area contributed by atoms with Gasteiger partial charge >= 0.3 is 0 Å². The summed E-state index contributed by atoms with van der Waals surface area (Å²) in [4.78, 5) is 15.6. The first kappa shape index (κ1) is 27.9. The molecule has 0 amide bonds. The fourth-order valence-electron chi connectivity index (χ4n) is 5.10. The zero-order chi connectivity index (χ0) is 25.1. The van der Waals surface area contributed by atoms with Gasteiger partial charge in [-0.1, -0.05) is 75.2 Å². The number of carbonyl (C=O) groups excluding carboxylic acids is 1. The van der Waals surface area contributed by atoms with Crippen molar-refractivity contribution in [2.75, 3.05) is 13.1 Å². The lowest BCUT2D eigenvalue weighted by Gasteiger charge is -2.28. The van der Waals surface area contributed by atoms with Gasteiger partial charge in [-0.05, 0) is 47.6 Å². The molecule has 1 aromatic rings. The molecule has 0 bridgehead atoms. The van der Waals surface area contributed by atoms with E-state index in [0.29, 0.717) is 29.7 Å². The highest BCUT2D eigenvalue weighted by Crippen LogP contribution is 2.40. The van der Waals surface area contributed by atoms with Gasteiger partial charge in [-0.15, -0.1) is 0 Å². The van der Waals surface area contributed by atoms with Gasteiger partial charge in [0.1, 0.15) is 11.6 Å². The summed E-state index contributed by atoms with van der Waals surface area (Å²) in [5.74, 6) is 3.06. The van der Waals surface area contributed by atoms with E-state index >= 15 is 0 Å². The summed E-state index contributed by atoms with van der Waals surface area (Å²) in [7, 11) is 0. The van der Waals surface area contributed by atoms with Crippen LogP contribution in [0, 0.1) is 17.8 Å². The van der Waals surface area contributed by atoms with Crippen LogP contribution in [0.1, 0.15) is 109 Å². The molecule has 0 saturated carbocycles. The standard InChI is InChI=1S/C28H45BrN2O2/c1-10-19(11-2)14-18(3)21-12-13-31(26(21)30-29)17-24(32)20-15-22(27(4,5)6)25(33)23(16-20)28(7,8)9/h15-16,18-19,21,33H,10-14,17H2,1-9H3. The topological polar surface area (TPSA) is 52.9 Å². The fourth-order valence-corrected chi connectivity index (χ4v) is 5.59. The van der Waals surface area contributed by atoms with Gasteiger partial charge in [-0.2, -0.15) is 4.02 Å². The molecule has 1 fully saturated rings. The first-order valence-electron chi connectivity index (χ1n) is 12.6. The molecule has 1 heterocycles. The number of halogens is 1. The molecule has 2 unspecified atom stereocenters. The molecule has 5 heteroatoms. The Balaban J connectivity index is 2.29. The van der Waals surface area contributed by atoms with Crippen LogP contribution in [0.4, 0.5) is 0 Å². The third kappa shape index (κ3) is 6.61. The highest BCUT2D eigenvalue weighted by atomic mass is 79.9. The molecule has 0 spiro atoms. The summed E-state index contributed by atoms with van der Waals surface area (Å²) in [5.41, 5.74) is 1.81. The second-order valence-electron chi connectivity index (χ2n) is 12.0. The molecule has 1 aliphatic rings. The molecule has 1 aliphatic heterocycles. The van der Waals surface area contributed by atoms with Crippen LogP contribution in [-0.2, 0) is 10.8 Å². The molecule has 0 aromatic heterocycles. The maximum absolute atomic E-state index is 13.5. The number of rotatable bonds is 8. The zero-order valence-electron chi connectivity index (χ0n) is 22.3. The number of hydrogen-bond donors (Lipinski definition) is 1. The molecule has 1 N–H and O–H groups in total. The molecule has 1 saturated heterocycles. The lowest BCUT2D eigenvalue weighted by molar-refractivity contribution is 0.0966. The quantitative estimate of drug-likeness (QED) is 0.357. The summed E-state index contributed by atoms with van der Waals surface area (Å²) in [6.07, 6.45) is 4.66. The number of likely N-dealkylation sites (tertiary alicyclic amines) is 1. The first-order chi connectivity index (χ1) is 15.2. The number of hydrogen-bond acceptors (Lipinski definition) is 3. The zero-order valence-corrected chi connectivity index (χ0v) is 23.8. The second kappa shape index (κ2) is 10.9. The van der Waals surface area contributed by atoms with Crippen LogP contribution in [0.25, 0.3) is 0 Å². The van der Waals surface area contributed by atoms with Gasteiger partial charge in [0.2, 0.25) is 0 Å². The number of amidine groups is 1. The maximum atomic E-state index is 13.5. The summed E-state index contributed by atoms with van der Waals surface area (Å²) < 4.78 is 4.47. The Kier molecular flexibility index (Phi) is 9.23. The second-order valence-corrected chi connectivity index (χ2v) is 12.4. The Labute approximate surface area is 210 Å². The normalized spacial score (nSPS) is 19.5. The average Bonchev–Trinajstić information content (AvgIpc) is 3.12. The first-order valence-corrected chi connectivity index (χ1v) is 13.3. The van der Waals surface area contributed by atoms with Gasteiger partial charge in [-0.25, -0.2) is 0 Å². The van der Waals surface area contributed by atoms with Crippen LogP contribution >= 0.6 is 16.1 Å². The lowest BCUT2D eigenvalue weighted by Crippen LogP contribution is -2.34. The number of Topliss-reactive ketones (excluding diaryl/α,β-unsaturated/α-hetero) is 1. The third-order valence-corrected chi connectivity index (χ3v) is 7.74. The summed E-state index contributed by atoms with van der Waals surface area (Å²) >= 11 is 3.36. The van der Waals surface area contributed by atoms with Crippen molar-refractivity contribution >= 4 is 27.8 Å². The van der Waals surface area contributed by atoms with Crippen LogP contribution in [0.3, 0.4) is 0 Å². The van der Waals surface area contributed by atoms with E-state index in [-0.39, 0.29) is 16.6 Å². The van der Waals surface area contributed by atoms with E-state index < -0.39 is 0 Å². The Bertz CT molecular complexity index is 825. The highest BCUT2D eigenvalue weighted by molar-refractivity contribution is 9.08. The van der Waals surface area contributed by atoms with Crippen LogP contribution in [0.5, 0.6) is 5.75 Å². The van der Waals surface area contributed by atoms with Crippen molar-refractivity contribution in [3.63, 3.8) is 0 Å². The van der Waals surface area contributed by atoms with Gasteiger partial charge in [0.25, 0.3) is 0 Å². The molecule has 186 valence electrons. The van der Waals surface area contributed by atoms with Gasteiger partial charge < -0.3 is 10.0 Å². The van der Waals surface area contributed by atoms with Crippen molar-refractivity contribution in [3.8, 4) is 5.75 Å². The van der Waals surface area contributed by atoms with Gasteiger partial charge in [0, 0.05) is 29.2 Å². The van der Waals surface area contributed by atoms with E-state index in [1.54, 1.807) is 0 Å². The van der Waals surface area contributed by atoms with Crippen molar-refractivity contribution in [1.82, 2.24) is 4.90 Å². The van der Waals surface area contributed by atoms with E-state index in [4.69, 9.17) is 0 Å². The Hall–Kier alpha value is -1.36. The minimum atomic E-state index is -0.258. The minimum absolute atomic E-state index is 0.0768. The van der Waals surface area contributed by atoms with Crippen LogP contribution in [0.15, 0.2) is 16.2 Å². The summed E-state index contributed by atoms with van der Waals surface area (Å²) in [6.45, 7) is 20.5. The third-order valence-electron chi connectivity index (χ3n) is 7.38. The molecule has 33 heavy (non-hydrogen) atoms. The van der Waals surface area contributed by atoms with Gasteiger partial charge in [0.05, 0.1) is 22.7 Å². The number of nitrogens with zero attached hydrogens (tertiary/aromatic N) is 2. The van der Waals surface area contributed by atoms with E-state index in [0.717, 1.165) is 35.8 Å². The minimum Gasteiger partial charge on any atom is -0.507 e.